The van der Waals surface area contributed by atoms with Gasteiger partial charge in [0.1, 0.15) is 15.6 Å². The van der Waals surface area contributed by atoms with Crippen LogP contribution in [0.2, 0.25) is 0 Å². The number of Topliss-reactive ketones (excluding diaryl/α,β-unsaturated/α-hetero) is 1. The van der Waals surface area contributed by atoms with E-state index in [2.05, 4.69) is 6.92 Å². The van der Waals surface area contributed by atoms with Gasteiger partial charge in [-0.05, 0) is 38.0 Å². The first kappa shape index (κ1) is 16.7. The van der Waals surface area contributed by atoms with E-state index in [1.165, 1.54) is 38.4 Å². The Hall–Kier alpha value is -0.380. The predicted octanol–water partition coefficient (Wildman–Crippen LogP) is 3.38. The Morgan fingerprint density at radius 3 is 2.26 bits per heavy atom. The van der Waals surface area contributed by atoms with Crippen molar-refractivity contribution in [3.63, 3.8) is 0 Å². The van der Waals surface area contributed by atoms with Gasteiger partial charge in [0.05, 0.1) is 5.75 Å². The third-order valence-electron chi connectivity index (χ3n) is 4.21. The standard InChI is InChI=1S/C15H28O3S/c1-3-4-6-13-8-10-14(11-9-13)15(16)7-5-12-19(2,17)18/h13-14H,3-12H2,1-2H3. The molecule has 1 rings (SSSR count). The predicted molar refractivity (Wildman–Crippen MR) is 78.9 cm³/mol. The van der Waals surface area contributed by atoms with Crippen molar-refractivity contribution >= 4 is 15.6 Å². The fraction of sp³-hybridized carbons (Fsp3) is 0.933. The molecule has 0 aromatic rings. The van der Waals surface area contributed by atoms with Crippen molar-refractivity contribution in [3.8, 4) is 0 Å². The van der Waals surface area contributed by atoms with Crippen LogP contribution in [0, 0.1) is 11.8 Å². The number of carbonyl (C=O) groups excluding carboxylic acids is 1. The van der Waals surface area contributed by atoms with Crippen LogP contribution in [0.25, 0.3) is 0 Å². The second-order valence-corrected chi connectivity index (χ2v) is 8.32. The summed E-state index contributed by atoms with van der Waals surface area (Å²) in [5.74, 6) is 1.46. The molecule has 0 unspecified atom stereocenters. The van der Waals surface area contributed by atoms with Crippen LogP contribution in [0.4, 0.5) is 0 Å². The Labute approximate surface area is 118 Å². The van der Waals surface area contributed by atoms with Crippen molar-refractivity contribution in [2.24, 2.45) is 11.8 Å². The summed E-state index contributed by atoms with van der Waals surface area (Å²) in [6.45, 7) is 2.22. The van der Waals surface area contributed by atoms with Gasteiger partial charge in [-0.1, -0.05) is 26.2 Å². The molecule has 19 heavy (non-hydrogen) atoms. The number of hydrogen-bond donors (Lipinski definition) is 0. The van der Waals surface area contributed by atoms with Crippen molar-refractivity contribution in [1.82, 2.24) is 0 Å². The van der Waals surface area contributed by atoms with Gasteiger partial charge in [-0.3, -0.25) is 4.79 Å². The normalized spacial score (nSPS) is 24.3. The zero-order valence-corrected chi connectivity index (χ0v) is 13.2. The highest BCUT2D eigenvalue weighted by Gasteiger charge is 2.25. The molecule has 112 valence electrons. The fourth-order valence-corrected chi connectivity index (χ4v) is 3.65. The van der Waals surface area contributed by atoms with Crippen molar-refractivity contribution in [1.29, 1.82) is 0 Å². The minimum Gasteiger partial charge on any atom is -0.299 e. The van der Waals surface area contributed by atoms with Gasteiger partial charge in [0.15, 0.2) is 0 Å². The van der Waals surface area contributed by atoms with Crippen LogP contribution < -0.4 is 0 Å². The Morgan fingerprint density at radius 2 is 1.74 bits per heavy atom. The number of carbonyl (C=O) groups is 1. The quantitative estimate of drug-likeness (QED) is 0.688. The summed E-state index contributed by atoms with van der Waals surface area (Å²) in [5.41, 5.74) is 0. The molecule has 4 heteroatoms. The molecule has 0 saturated heterocycles. The lowest BCUT2D eigenvalue weighted by Gasteiger charge is -2.27. The zero-order chi connectivity index (χ0) is 14.3. The zero-order valence-electron chi connectivity index (χ0n) is 12.4. The number of unbranched alkanes of at least 4 members (excludes halogenated alkanes) is 1. The lowest BCUT2D eigenvalue weighted by Crippen LogP contribution is -2.22. The van der Waals surface area contributed by atoms with Gasteiger partial charge in [-0.15, -0.1) is 0 Å². The van der Waals surface area contributed by atoms with Crippen molar-refractivity contribution in [2.75, 3.05) is 12.0 Å². The summed E-state index contributed by atoms with van der Waals surface area (Å²) in [5, 5.41) is 0. The molecule has 0 aromatic carbocycles. The second-order valence-electron chi connectivity index (χ2n) is 6.06. The van der Waals surface area contributed by atoms with Gasteiger partial charge in [-0.2, -0.15) is 0 Å². The van der Waals surface area contributed by atoms with E-state index in [1.807, 2.05) is 0 Å². The number of rotatable bonds is 8. The third-order valence-corrected chi connectivity index (χ3v) is 5.24. The summed E-state index contributed by atoms with van der Waals surface area (Å²) in [4.78, 5) is 12.0. The maximum absolute atomic E-state index is 12.0. The average Bonchev–Trinajstić information content (AvgIpc) is 2.35. The van der Waals surface area contributed by atoms with Crippen molar-refractivity contribution in [2.45, 2.75) is 64.7 Å². The Morgan fingerprint density at radius 1 is 1.11 bits per heavy atom. The average molecular weight is 288 g/mol. The molecule has 1 aliphatic rings. The van der Waals surface area contributed by atoms with E-state index < -0.39 is 9.84 Å². The minimum atomic E-state index is -2.92. The molecular formula is C15H28O3S. The molecule has 3 nitrogen and oxygen atoms in total. The molecule has 0 amide bonds. The molecule has 0 bridgehead atoms. The largest absolute Gasteiger partial charge is 0.299 e. The van der Waals surface area contributed by atoms with Gasteiger partial charge < -0.3 is 0 Å². The van der Waals surface area contributed by atoms with E-state index in [4.69, 9.17) is 0 Å². The summed E-state index contributed by atoms with van der Waals surface area (Å²) < 4.78 is 22.0. The summed E-state index contributed by atoms with van der Waals surface area (Å²) >= 11 is 0. The molecule has 0 atom stereocenters. The minimum absolute atomic E-state index is 0.143. The highest BCUT2D eigenvalue weighted by Crippen LogP contribution is 2.32. The van der Waals surface area contributed by atoms with Crippen molar-refractivity contribution < 1.29 is 13.2 Å². The highest BCUT2D eigenvalue weighted by atomic mass is 32.2. The van der Waals surface area contributed by atoms with E-state index >= 15 is 0 Å². The Bertz CT molecular complexity index is 365. The first-order valence-corrected chi connectivity index (χ1v) is 9.69. The number of ketones is 1. The van der Waals surface area contributed by atoms with Gasteiger partial charge in [-0.25, -0.2) is 8.42 Å². The lowest BCUT2D eigenvalue weighted by atomic mass is 9.77. The molecule has 0 heterocycles. The Balaban J connectivity index is 2.21. The summed E-state index contributed by atoms with van der Waals surface area (Å²) in [7, 11) is -2.92. The smallest absolute Gasteiger partial charge is 0.147 e. The second kappa shape index (κ2) is 8.03. The molecule has 1 fully saturated rings. The van der Waals surface area contributed by atoms with E-state index in [9.17, 15) is 13.2 Å². The van der Waals surface area contributed by atoms with E-state index in [0.717, 1.165) is 18.8 Å². The lowest BCUT2D eigenvalue weighted by molar-refractivity contribution is -0.124. The van der Waals surface area contributed by atoms with Crippen LogP contribution in [0.5, 0.6) is 0 Å². The van der Waals surface area contributed by atoms with Crippen LogP contribution in [0.15, 0.2) is 0 Å². The fourth-order valence-electron chi connectivity index (χ4n) is 2.98. The summed E-state index contributed by atoms with van der Waals surface area (Å²) in [6.07, 6.45) is 10.4. The molecule has 1 saturated carbocycles. The molecule has 1 aliphatic carbocycles. The van der Waals surface area contributed by atoms with Crippen LogP contribution >= 0.6 is 0 Å². The van der Waals surface area contributed by atoms with Gasteiger partial charge in [0.25, 0.3) is 0 Å². The van der Waals surface area contributed by atoms with E-state index in [0.29, 0.717) is 12.8 Å². The van der Waals surface area contributed by atoms with Gasteiger partial charge in [0, 0.05) is 18.6 Å². The first-order chi connectivity index (χ1) is 8.92. The van der Waals surface area contributed by atoms with Crippen LogP contribution in [0.1, 0.15) is 64.7 Å². The number of hydrogen-bond acceptors (Lipinski definition) is 3. The van der Waals surface area contributed by atoms with Crippen LogP contribution in [0.3, 0.4) is 0 Å². The third kappa shape index (κ3) is 7.09. The Kier molecular flexibility index (Phi) is 7.05. The molecule has 0 aliphatic heterocycles. The maximum atomic E-state index is 12.0. The van der Waals surface area contributed by atoms with Crippen LogP contribution in [-0.2, 0) is 14.6 Å². The SMILES string of the molecule is CCCCC1CCC(C(=O)CCCS(C)(=O)=O)CC1. The molecule has 0 N–H and O–H groups in total. The van der Waals surface area contributed by atoms with Crippen molar-refractivity contribution in [3.05, 3.63) is 0 Å². The highest BCUT2D eigenvalue weighted by molar-refractivity contribution is 7.90. The number of sulfone groups is 1. The molecule has 0 aromatic heterocycles. The van der Waals surface area contributed by atoms with Gasteiger partial charge >= 0.3 is 0 Å². The topological polar surface area (TPSA) is 51.2 Å². The molecule has 0 radical (unpaired) electrons. The molecular weight excluding hydrogens is 260 g/mol. The van der Waals surface area contributed by atoms with Crippen LogP contribution in [-0.4, -0.2) is 26.2 Å². The van der Waals surface area contributed by atoms with Gasteiger partial charge in [0.2, 0.25) is 0 Å². The summed E-state index contributed by atoms with van der Waals surface area (Å²) in [6, 6.07) is 0. The van der Waals surface area contributed by atoms with E-state index in [1.54, 1.807) is 0 Å². The molecule has 0 spiro atoms. The maximum Gasteiger partial charge on any atom is 0.147 e. The monoisotopic (exact) mass is 288 g/mol. The first-order valence-electron chi connectivity index (χ1n) is 7.62. The van der Waals surface area contributed by atoms with E-state index in [-0.39, 0.29) is 17.5 Å².